The zero-order valence-electron chi connectivity index (χ0n) is 10.9. The van der Waals surface area contributed by atoms with E-state index in [1.807, 2.05) is 19.9 Å². The lowest BCUT2D eigenvalue weighted by atomic mass is 10.2. The van der Waals surface area contributed by atoms with Gasteiger partial charge in [0.15, 0.2) is 10.2 Å². The largest absolute Gasteiger partial charge is 0.469 e. The molecule has 0 aliphatic rings. The summed E-state index contributed by atoms with van der Waals surface area (Å²) >= 11 is 2.69. The SMILES string of the molecule is CCc1nsc(Sc2nnc(-c3ccoc3C)n2N)n1. The van der Waals surface area contributed by atoms with Crippen LogP contribution in [0.4, 0.5) is 0 Å². The third kappa shape index (κ3) is 2.29. The van der Waals surface area contributed by atoms with Gasteiger partial charge in [-0.2, -0.15) is 4.37 Å². The van der Waals surface area contributed by atoms with E-state index in [1.54, 1.807) is 6.26 Å². The van der Waals surface area contributed by atoms with E-state index >= 15 is 0 Å². The highest BCUT2D eigenvalue weighted by molar-refractivity contribution is 8.00. The minimum Gasteiger partial charge on any atom is -0.469 e. The molecule has 0 bridgehead atoms. The van der Waals surface area contributed by atoms with Crippen LogP contribution >= 0.6 is 23.3 Å². The summed E-state index contributed by atoms with van der Waals surface area (Å²) in [5.74, 6) is 8.18. The molecular formula is C11H12N6OS2. The van der Waals surface area contributed by atoms with Gasteiger partial charge in [0.05, 0.1) is 11.8 Å². The zero-order chi connectivity index (χ0) is 14.1. The zero-order valence-corrected chi connectivity index (χ0v) is 12.5. The first-order chi connectivity index (χ1) is 9.69. The van der Waals surface area contributed by atoms with E-state index in [2.05, 4.69) is 19.6 Å². The van der Waals surface area contributed by atoms with Crippen LogP contribution in [-0.4, -0.2) is 24.2 Å². The Morgan fingerprint density at radius 1 is 1.45 bits per heavy atom. The highest BCUT2D eigenvalue weighted by Gasteiger charge is 2.17. The molecule has 9 heteroatoms. The first kappa shape index (κ1) is 13.1. The van der Waals surface area contributed by atoms with E-state index in [9.17, 15) is 0 Å². The fourth-order valence-corrected chi connectivity index (χ4v) is 3.21. The van der Waals surface area contributed by atoms with Crippen LogP contribution in [0.2, 0.25) is 0 Å². The molecule has 0 aromatic carbocycles. The van der Waals surface area contributed by atoms with Crippen molar-refractivity contribution in [2.75, 3.05) is 5.84 Å². The average Bonchev–Trinajstić information content (AvgIpc) is 3.13. The topological polar surface area (TPSA) is 95.7 Å². The first-order valence-corrected chi connectivity index (χ1v) is 7.53. The Labute approximate surface area is 123 Å². The van der Waals surface area contributed by atoms with E-state index in [-0.39, 0.29) is 0 Å². The molecule has 2 N–H and O–H groups in total. The third-order valence-electron chi connectivity index (χ3n) is 2.71. The number of furan rings is 1. The maximum Gasteiger partial charge on any atom is 0.217 e. The van der Waals surface area contributed by atoms with Gasteiger partial charge in [-0.3, -0.25) is 0 Å². The normalized spacial score (nSPS) is 11.1. The Balaban J connectivity index is 1.89. The van der Waals surface area contributed by atoms with Crippen LogP contribution in [-0.2, 0) is 6.42 Å². The molecular weight excluding hydrogens is 296 g/mol. The summed E-state index contributed by atoms with van der Waals surface area (Å²) in [5, 5.41) is 8.77. The minimum absolute atomic E-state index is 0.569. The number of rotatable bonds is 4. The van der Waals surface area contributed by atoms with Crippen molar-refractivity contribution in [3.05, 3.63) is 23.9 Å². The summed E-state index contributed by atoms with van der Waals surface area (Å²) in [6.07, 6.45) is 2.41. The van der Waals surface area contributed by atoms with Crippen molar-refractivity contribution in [3.63, 3.8) is 0 Å². The Morgan fingerprint density at radius 2 is 2.30 bits per heavy atom. The molecule has 0 saturated carbocycles. The number of nitrogens with two attached hydrogens (primary N) is 1. The Bertz CT molecular complexity index is 731. The molecule has 20 heavy (non-hydrogen) atoms. The molecule has 0 unspecified atom stereocenters. The second kappa shape index (κ2) is 5.25. The fourth-order valence-electron chi connectivity index (χ4n) is 1.65. The van der Waals surface area contributed by atoms with Gasteiger partial charge in [0.25, 0.3) is 0 Å². The minimum atomic E-state index is 0.569. The lowest BCUT2D eigenvalue weighted by Crippen LogP contribution is -2.11. The van der Waals surface area contributed by atoms with E-state index in [4.69, 9.17) is 10.3 Å². The number of nitrogen functional groups attached to an aromatic ring is 1. The number of hydrogen-bond acceptors (Lipinski definition) is 8. The summed E-state index contributed by atoms with van der Waals surface area (Å²) in [7, 11) is 0. The monoisotopic (exact) mass is 308 g/mol. The van der Waals surface area contributed by atoms with Crippen molar-refractivity contribution in [2.45, 2.75) is 29.8 Å². The van der Waals surface area contributed by atoms with E-state index in [0.29, 0.717) is 11.0 Å². The van der Waals surface area contributed by atoms with Gasteiger partial charge in [-0.05, 0) is 36.3 Å². The Kier molecular flexibility index (Phi) is 3.45. The fraction of sp³-hybridized carbons (Fsp3) is 0.273. The predicted molar refractivity (Wildman–Crippen MR) is 76.0 cm³/mol. The molecule has 104 valence electrons. The number of nitrogens with zero attached hydrogens (tertiary/aromatic N) is 5. The smallest absolute Gasteiger partial charge is 0.217 e. The molecule has 3 heterocycles. The van der Waals surface area contributed by atoms with Crippen LogP contribution in [0.25, 0.3) is 11.4 Å². The van der Waals surface area contributed by atoms with Crippen molar-refractivity contribution in [1.82, 2.24) is 24.2 Å². The number of hydrogen-bond donors (Lipinski definition) is 1. The second-order valence-corrected chi connectivity index (χ2v) is 5.97. The van der Waals surface area contributed by atoms with Crippen LogP contribution in [0.3, 0.4) is 0 Å². The molecule has 0 aliphatic heterocycles. The molecule has 0 fully saturated rings. The summed E-state index contributed by atoms with van der Waals surface area (Å²) in [4.78, 5) is 4.37. The summed E-state index contributed by atoms with van der Waals surface area (Å²) in [6.45, 7) is 3.87. The van der Waals surface area contributed by atoms with E-state index in [0.717, 1.165) is 27.9 Å². The van der Waals surface area contributed by atoms with Crippen LogP contribution < -0.4 is 5.84 Å². The number of aryl methyl sites for hydroxylation is 2. The molecule has 0 atom stereocenters. The average molecular weight is 308 g/mol. The van der Waals surface area contributed by atoms with Crippen molar-refractivity contribution in [2.24, 2.45) is 0 Å². The second-order valence-electron chi connectivity index (χ2n) is 4.00. The Hall–Kier alpha value is -1.87. The van der Waals surface area contributed by atoms with Crippen LogP contribution in [0.1, 0.15) is 18.5 Å². The molecule has 0 aliphatic carbocycles. The third-order valence-corrected chi connectivity index (χ3v) is 4.46. The van der Waals surface area contributed by atoms with E-state index in [1.165, 1.54) is 28.0 Å². The molecule has 3 aromatic rings. The lowest BCUT2D eigenvalue weighted by molar-refractivity contribution is 0.535. The summed E-state index contributed by atoms with van der Waals surface area (Å²) < 4.78 is 11.7. The molecule has 0 saturated heterocycles. The number of aromatic nitrogens is 5. The molecule has 0 amide bonds. The molecule has 7 nitrogen and oxygen atoms in total. The lowest BCUT2D eigenvalue weighted by Gasteiger charge is -2.00. The molecule has 0 radical (unpaired) electrons. The van der Waals surface area contributed by atoms with Gasteiger partial charge in [0.1, 0.15) is 11.6 Å². The Morgan fingerprint density at radius 3 is 2.95 bits per heavy atom. The highest BCUT2D eigenvalue weighted by atomic mass is 32.2. The summed E-state index contributed by atoms with van der Waals surface area (Å²) in [5.41, 5.74) is 0.832. The summed E-state index contributed by atoms with van der Waals surface area (Å²) in [6, 6.07) is 1.82. The van der Waals surface area contributed by atoms with Crippen molar-refractivity contribution < 1.29 is 4.42 Å². The van der Waals surface area contributed by atoms with Crippen LogP contribution in [0.5, 0.6) is 0 Å². The molecule has 3 aromatic heterocycles. The van der Waals surface area contributed by atoms with Gasteiger partial charge >= 0.3 is 0 Å². The maximum absolute atomic E-state index is 6.04. The maximum atomic E-state index is 6.04. The van der Waals surface area contributed by atoms with Gasteiger partial charge in [-0.15, -0.1) is 10.2 Å². The molecule has 0 spiro atoms. The van der Waals surface area contributed by atoms with Crippen molar-refractivity contribution >= 4 is 23.3 Å². The van der Waals surface area contributed by atoms with E-state index < -0.39 is 0 Å². The predicted octanol–water partition coefficient (Wildman–Crippen LogP) is 2.13. The quantitative estimate of drug-likeness (QED) is 0.737. The van der Waals surface area contributed by atoms with Gasteiger partial charge in [0, 0.05) is 6.42 Å². The standard InChI is InChI=1S/C11H12N6OS2/c1-3-8-13-11(20-16-8)19-10-15-14-9(17(10)12)7-4-5-18-6(7)2/h4-5H,3,12H2,1-2H3. The van der Waals surface area contributed by atoms with Gasteiger partial charge in [-0.25, -0.2) is 9.66 Å². The van der Waals surface area contributed by atoms with Gasteiger partial charge in [-0.1, -0.05) is 6.92 Å². The van der Waals surface area contributed by atoms with Crippen molar-refractivity contribution in [3.8, 4) is 11.4 Å². The van der Waals surface area contributed by atoms with Gasteiger partial charge < -0.3 is 10.3 Å². The first-order valence-electron chi connectivity index (χ1n) is 5.94. The van der Waals surface area contributed by atoms with Gasteiger partial charge in [0.2, 0.25) is 5.16 Å². The molecule has 3 rings (SSSR count). The van der Waals surface area contributed by atoms with Crippen LogP contribution in [0.15, 0.2) is 26.2 Å². The highest BCUT2D eigenvalue weighted by Crippen LogP contribution is 2.30. The van der Waals surface area contributed by atoms with Crippen molar-refractivity contribution in [1.29, 1.82) is 0 Å². The van der Waals surface area contributed by atoms with Crippen LogP contribution in [0, 0.1) is 6.92 Å².